The predicted molar refractivity (Wildman–Crippen MR) is 82.3 cm³/mol. The van der Waals surface area contributed by atoms with Gasteiger partial charge in [0.15, 0.2) is 0 Å². The Labute approximate surface area is 127 Å². The third-order valence-electron chi connectivity index (χ3n) is 3.05. The zero-order valence-electron chi connectivity index (χ0n) is 11.9. The van der Waals surface area contributed by atoms with Gasteiger partial charge in [0, 0.05) is 12.3 Å². The van der Waals surface area contributed by atoms with Gasteiger partial charge in [-0.1, -0.05) is 18.2 Å². The molecule has 3 aromatic rings. The lowest BCUT2D eigenvalue weighted by atomic mass is 10.3. The van der Waals surface area contributed by atoms with Crippen LogP contribution in [0.25, 0.3) is 5.69 Å². The zero-order valence-corrected chi connectivity index (χ0v) is 11.9. The molecule has 1 amide bonds. The van der Waals surface area contributed by atoms with Gasteiger partial charge in [-0.15, -0.1) is 5.10 Å². The van der Waals surface area contributed by atoms with E-state index in [2.05, 4.69) is 15.4 Å². The molecule has 22 heavy (non-hydrogen) atoms. The molecule has 0 aliphatic carbocycles. The molecule has 110 valence electrons. The lowest BCUT2D eigenvalue weighted by Gasteiger charge is -2.07. The maximum absolute atomic E-state index is 12.5. The summed E-state index contributed by atoms with van der Waals surface area (Å²) in [7, 11) is 1.51. The largest absolute Gasteiger partial charge is 0.480 e. The maximum atomic E-state index is 12.5. The molecule has 0 atom stereocenters. The van der Waals surface area contributed by atoms with Crippen LogP contribution in [-0.2, 0) is 0 Å². The van der Waals surface area contributed by atoms with Crippen LogP contribution in [0.15, 0.2) is 60.9 Å². The quantitative estimate of drug-likeness (QED) is 0.802. The molecule has 0 aliphatic heterocycles. The fourth-order valence-corrected chi connectivity index (χ4v) is 2.02. The first-order chi connectivity index (χ1) is 10.8. The van der Waals surface area contributed by atoms with Gasteiger partial charge in [0.05, 0.1) is 24.7 Å². The molecule has 6 nitrogen and oxygen atoms in total. The summed E-state index contributed by atoms with van der Waals surface area (Å²) in [6.45, 7) is 0. The topological polar surface area (TPSA) is 69.0 Å². The van der Waals surface area contributed by atoms with Crippen molar-refractivity contribution in [3.05, 3.63) is 66.6 Å². The summed E-state index contributed by atoms with van der Waals surface area (Å²) in [5, 5.41) is 7.07. The average Bonchev–Trinajstić information content (AvgIpc) is 3.01. The van der Waals surface area contributed by atoms with Gasteiger partial charge in [0.1, 0.15) is 5.69 Å². The van der Waals surface area contributed by atoms with Crippen LogP contribution in [0.3, 0.4) is 0 Å². The number of amides is 1. The Morgan fingerprint density at radius 1 is 1.18 bits per heavy atom. The number of para-hydroxylation sites is 1. The fraction of sp³-hybridized carbons (Fsp3) is 0.0625. The van der Waals surface area contributed by atoms with Crippen LogP contribution in [0.5, 0.6) is 5.88 Å². The number of rotatable bonds is 4. The van der Waals surface area contributed by atoms with Crippen molar-refractivity contribution >= 4 is 11.6 Å². The van der Waals surface area contributed by atoms with Crippen LogP contribution in [0, 0.1) is 0 Å². The Balaban J connectivity index is 1.96. The van der Waals surface area contributed by atoms with Gasteiger partial charge in [0.25, 0.3) is 5.91 Å². The van der Waals surface area contributed by atoms with Crippen LogP contribution >= 0.6 is 0 Å². The van der Waals surface area contributed by atoms with Gasteiger partial charge in [-0.05, 0) is 24.3 Å². The molecule has 0 spiro atoms. The molecule has 0 saturated carbocycles. The number of aromatic nitrogens is 3. The molecular formula is C16H14N4O2. The minimum atomic E-state index is -0.285. The van der Waals surface area contributed by atoms with Gasteiger partial charge in [-0.3, -0.25) is 9.78 Å². The van der Waals surface area contributed by atoms with Gasteiger partial charge in [-0.25, -0.2) is 4.68 Å². The summed E-state index contributed by atoms with van der Waals surface area (Å²) in [5.74, 6) is 0.0906. The Bertz CT molecular complexity index is 769. The number of hydrogen-bond donors (Lipinski definition) is 1. The highest BCUT2D eigenvalue weighted by molar-refractivity contribution is 6.03. The highest BCUT2D eigenvalue weighted by Crippen LogP contribution is 2.18. The first-order valence-electron chi connectivity index (χ1n) is 6.69. The van der Waals surface area contributed by atoms with Crippen molar-refractivity contribution in [3.8, 4) is 11.6 Å². The summed E-state index contributed by atoms with van der Waals surface area (Å²) in [6, 6.07) is 14.5. The number of pyridine rings is 1. The van der Waals surface area contributed by atoms with E-state index >= 15 is 0 Å². The third kappa shape index (κ3) is 2.80. The molecule has 2 heterocycles. The first kappa shape index (κ1) is 13.8. The molecular weight excluding hydrogens is 280 g/mol. The molecule has 6 heteroatoms. The number of carbonyl (C=O) groups is 1. The predicted octanol–water partition coefficient (Wildman–Crippen LogP) is 2.53. The fourth-order valence-electron chi connectivity index (χ4n) is 2.02. The molecule has 0 fully saturated rings. The SMILES string of the molecule is COc1cc(C(=O)Nc2cccnc2)n(-c2ccccc2)n1. The van der Waals surface area contributed by atoms with E-state index in [0.29, 0.717) is 17.3 Å². The number of benzene rings is 1. The van der Waals surface area contributed by atoms with Crippen LogP contribution in [0.1, 0.15) is 10.5 Å². The minimum absolute atomic E-state index is 0.285. The average molecular weight is 294 g/mol. The van der Waals surface area contributed by atoms with E-state index in [1.54, 1.807) is 35.3 Å². The lowest BCUT2D eigenvalue weighted by Crippen LogP contribution is -2.17. The highest BCUT2D eigenvalue weighted by atomic mass is 16.5. The summed E-state index contributed by atoms with van der Waals surface area (Å²) < 4.78 is 6.68. The monoisotopic (exact) mass is 294 g/mol. The minimum Gasteiger partial charge on any atom is -0.480 e. The summed E-state index contributed by atoms with van der Waals surface area (Å²) >= 11 is 0. The number of methoxy groups -OCH3 is 1. The summed E-state index contributed by atoms with van der Waals surface area (Å²) in [6.07, 6.45) is 3.23. The molecule has 0 aliphatic rings. The second-order valence-electron chi connectivity index (χ2n) is 4.52. The first-order valence-corrected chi connectivity index (χ1v) is 6.69. The smallest absolute Gasteiger partial charge is 0.274 e. The van der Waals surface area contributed by atoms with E-state index in [4.69, 9.17) is 4.74 Å². The highest BCUT2D eigenvalue weighted by Gasteiger charge is 2.17. The van der Waals surface area contributed by atoms with Crippen LogP contribution in [0.4, 0.5) is 5.69 Å². The number of anilines is 1. The number of ether oxygens (including phenoxy) is 1. The molecule has 3 rings (SSSR count). The van der Waals surface area contributed by atoms with Crippen LogP contribution < -0.4 is 10.1 Å². The number of nitrogens with zero attached hydrogens (tertiary/aromatic N) is 3. The van der Waals surface area contributed by atoms with E-state index in [-0.39, 0.29) is 5.91 Å². The van der Waals surface area contributed by atoms with E-state index in [0.717, 1.165) is 5.69 Å². The van der Waals surface area contributed by atoms with E-state index < -0.39 is 0 Å². The van der Waals surface area contributed by atoms with Crippen molar-refractivity contribution in [2.24, 2.45) is 0 Å². The molecule has 2 aromatic heterocycles. The van der Waals surface area contributed by atoms with Crippen LogP contribution in [0.2, 0.25) is 0 Å². The van der Waals surface area contributed by atoms with Gasteiger partial charge >= 0.3 is 0 Å². The van der Waals surface area contributed by atoms with Crippen molar-refractivity contribution in [1.82, 2.24) is 14.8 Å². The molecule has 0 saturated heterocycles. The maximum Gasteiger partial charge on any atom is 0.274 e. The van der Waals surface area contributed by atoms with E-state index in [9.17, 15) is 4.79 Å². The molecule has 0 unspecified atom stereocenters. The standard InChI is InChI=1S/C16H14N4O2/c1-22-15-10-14(16(21)18-12-6-5-9-17-11-12)20(19-15)13-7-3-2-4-8-13/h2-11H,1H3,(H,18,21). The second-order valence-corrected chi connectivity index (χ2v) is 4.52. The summed E-state index contributed by atoms with van der Waals surface area (Å²) in [4.78, 5) is 16.5. The van der Waals surface area contributed by atoms with Crippen molar-refractivity contribution in [2.45, 2.75) is 0 Å². The molecule has 0 radical (unpaired) electrons. The third-order valence-corrected chi connectivity index (χ3v) is 3.05. The molecule has 0 bridgehead atoms. The second kappa shape index (κ2) is 6.09. The Morgan fingerprint density at radius 3 is 2.68 bits per heavy atom. The lowest BCUT2D eigenvalue weighted by molar-refractivity contribution is 0.101. The van der Waals surface area contributed by atoms with Crippen LogP contribution in [-0.4, -0.2) is 27.8 Å². The number of nitrogens with one attached hydrogen (secondary N) is 1. The van der Waals surface area contributed by atoms with Crippen molar-refractivity contribution in [3.63, 3.8) is 0 Å². The van der Waals surface area contributed by atoms with Crippen molar-refractivity contribution in [1.29, 1.82) is 0 Å². The zero-order chi connectivity index (χ0) is 15.4. The van der Waals surface area contributed by atoms with Gasteiger partial charge in [0.2, 0.25) is 5.88 Å². The number of hydrogen-bond acceptors (Lipinski definition) is 4. The van der Waals surface area contributed by atoms with E-state index in [1.807, 2.05) is 30.3 Å². The normalized spacial score (nSPS) is 10.2. The molecule has 1 N–H and O–H groups in total. The van der Waals surface area contributed by atoms with Gasteiger partial charge < -0.3 is 10.1 Å². The Morgan fingerprint density at radius 2 is 2.00 bits per heavy atom. The molecule has 1 aromatic carbocycles. The van der Waals surface area contributed by atoms with E-state index in [1.165, 1.54) is 7.11 Å². The summed E-state index contributed by atoms with van der Waals surface area (Å²) in [5.41, 5.74) is 1.78. The van der Waals surface area contributed by atoms with Gasteiger partial charge in [-0.2, -0.15) is 0 Å². The Hall–Kier alpha value is -3.15. The van der Waals surface area contributed by atoms with Crippen molar-refractivity contribution < 1.29 is 9.53 Å². The number of carbonyl (C=O) groups excluding carboxylic acids is 1. The van der Waals surface area contributed by atoms with Crippen molar-refractivity contribution in [2.75, 3.05) is 12.4 Å². The Kier molecular flexibility index (Phi) is 3.82.